The topological polar surface area (TPSA) is 59.1 Å². The molecule has 0 radical (unpaired) electrons. The lowest BCUT2D eigenvalue weighted by Gasteiger charge is -2.37. The highest BCUT2D eigenvalue weighted by molar-refractivity contribution is 7.89. The predicted octanol–water partition coefficient (Wildman–Crippen LogP) is 2.85. The summed E-state index contributed by atoms with van der Waals surface area (Å²) in [6.07, 6.45) is 0. The van der Waals surface area contributed by atoms with Crippen LogP contribution in [0.25, 0.3) is 0 Å². The van der Waals surface area contributed by atoms with Crippen molar-refractivity contribution in [3.63, 3.8) is 0 Å². The molecule has 2 aromatic carbocycles. The van der Waals surface area contributed by atoms with Gasteiger partial charge >= 0.3 is 0 Å². The molecule has 2 aliphatic heterocycles. The Kier molecular flexibility index (Phi) is 4.52. The van der Waals surface area contributed by atoms with Crippen LogP contribution in [-0.4, -0.2) is 45.7 Å². The maximum absolute atomic E-state index is 13.0. The van der Waals surface area contributed by atoms with Gasteiger partial charge in [0, 0.05) is 37.9 Å². The van der Waals surface area contributed by atoms with Gasteiger partial charge in [0.05, 0.1) is 4.90 Å². The molecule has 1 fully saturated rings. The van der Waals surface area contributed by atoms with Crippen molar-refractivity contribution >= 4 is 15.7 Å². The number of benzene rings is 2. The zero-order valence-corrected chi connectivity index (χ0v) is 16.7. The van der Waals surface area contributed by atoms with E-state index in [4.69, 9.17) is 9.47 Å². The first-order valence-corrected chi connectivity index (χ1v) is 10.5. The Morgan fingerprint density at radius 3 is 2.15 bits per heavy atom. The fourth-order valence-corrected chi connectivity index (χ4v) is 5.45. The van der Waals surface area contributed by atoms with Crippen LogP contribution in [0.2, 0.25) is 0 Å². The average Bonchev–Trinajstić information content (AvgIpc) is 3.09. The van der Waals surface area contributed by atoms with Crippen molar-refractivity contribution in [2.75, 3.05) is 37.9 Å². The minimum atomic E-state index is -3.55. The third-order valence-corrected chi connectivity index (χ3v) is 7.07. The molecule has 27 heavy (non-hydrogen) atoms. The van der Waals surface area contributed by atoms with Crippen LogP contribution in [0, 0.1) is 20.8 Å². The Morgan fingerprint density at radius 1 is 0.852 bits per heavy atom. The predicted molar refractivity (Wildman–Crippen MR) is 104 cm³/mol. The van der Waals surface area contributed by atoms with E-state index in [1.165, 1.54) is 22.4 Å². The minimum Gasteiger partial charge on any atom is -0.454 e. The number of fused-ring (bicyclic) bond motifs is 1. The second-order valence-corrected chi connectivity index (χ2v) is 9.09. The molecule has 0 unspecified atom stereocenters. The third kappa shape index (κ3) is 3.26. The van der Waals surface area contributed by atoms with Crippen molar-refractivity contribution in [3.8, 4) is 11.5 Å². The smallest absolute Gasteiger partial charge is 0.243 e. The summed E-state index contributed by atoms with van der Waals surface area (Å²) in [6.45, 7) is 8.73. The molecule has 0 atom stereocenters. The van der Waals surface area contributed by atoms with E-state index in [1.54, 1.807) is 22.5 Å². The van der Waals surface area contributed by atoms with Gasteiger partial charge in [0.15, 0.2) is 11.5 Å². The lowest BCUT2D eigenvalue weighted by Crippen LogP contribution is -2.49. The Hall–Kier alpha value is -2.25. The minimum absolute atomic E-state index is 0.132. The third-order valence-electron chi connectivity index (χ3n) is 5.17. The Bertz CT molecular complexity index is 956. The lowest BCUT2D eigenvalue weighted by molar-refractivity contribution is 0.174. The molecule has 2 aliphatic rings. The number of ether oxygens (including phenoxy) is 2. The average molecular weight is 388 g/mol. The summed E-state index contributed by atoms with van der Waals surface area (Å²) in [5.41, 5.74) is 4.94. The molecular weight excluding hydrogens is 364 g/mol. The zero-order valence-electron chi connectivity index (χ0n) is 15.9. The fraction of sp³-hybridized carbons (Fsp3) is 0.400. The van der Waals surface area contributed by atoms with Crippen molar-refractivity contribution in [2.24, 2.45) is 0 Å². The maximum atomic E-state index is 13.0. The van der Waals surface area contributed by atoms with Gasteiger partial charge in [0.25, 0.3) is 0 Å². The van der Waals surface area contributed by atoms with E-state index in [-0.39, 0.29) is 11.7 Å². The molecule has 7 heteroatoms. The van der Waals surface area contributed by atoms with E-state index >= 15 is 0 Å². The molecule has 144 valence electrons. The van der Waals surface area contributed by atoms with Crippen LogP contribution in [-0.2, 0) is 10.0 Å². The fourth-order valence-electron chi connectivity index (χ4n) is 4.01. The van der Waals surface area contributed by atoms with E-state index in [1.807, 2.05) is 0 Å². The first kappa shape index (κ1) is 18.1. The molecule has 0 aliphatic carbocycles. The van der Waals surface area contributed by atoms with Gasteiger partial charge in [-0.05, 0) is 44.0 Å². The van der Waals surface area contributed by atoms with Crippen LogP contribution in [0.15, 0.2) is 35.2 Å². The van der Waals surface area contributed by atoms with Gasteiger partial charge < -0.3 is 14.4 Å². The summed E-state index contributed by atoms with van der Waals surface area (Å²) in [5.74, 6) is 1.07. The van der Waals surface area contributed by atoms with Crippen molar-refractivity contribution in [2.45, 2.75) is 25.7 Å². The highest BCUT2D eigenvalue weighted by atomic mass is 32.2. The number of rotatable bonds is 3. The standard InChI is InChI=1S/C20H24N2O4S/c1-14-10-15(2)20(16(3)11-14)21-6-8-22(9-7-21)27(23,24)17-4-5-18-19(12-17)26-13-25-18/h4-5,10-12H,6-9,13H2,1-3H3. The van der Waals surface area contributed by atoms with Gasteiger partial charge in [-0.25, -0.2) is 8.42 Å². The maximum Gasteiger partial charge on any atom is 0.243 e. The molecule has 1 saturated heterocycles. The normalized spacial score (nSPS) is 17.4. The number of piperazine rings is 1. The molecule has 0 saturated carbocycles. The van der Waals surface area contributed by atoms with Crippen LogP contribution in [0.5, 0.6) is 11.5 Å². The first-order valence-electron chi connectivity index (χ1n) is 9.09. The lowest BCUT2D eigenvalue weighted by atomic mass is 10.0. The SMILES string of the molecule is Cc1cc(C)c(N2CCN(S(=O)(=O)c3ccc4c(c3)OCO4)CC2)c(C)c1. The molecular formula is C20H24N2O4S. The van der Waals surface area contributed by atoms with E-state index in [9.17, 15) is 8.42 Å². The Labute approximate surface area is 160 Å². The molecule has 2 heterocycles. The second-order valence-electron chi connectivity index (χ2n) is 7.15. The highest BCUT2D eigenvalue weighted by Gasteiger charge is 2.30. The first-order chi connectivity index (χ1) is 12.9. The Balaban J connectivity index is 1.52. The van der Waals surface area contributed by atoms with Gasteiger partial charge in [-0.3, -0.25) is 0 Å². The molecule has 6 nitrogen and oxygen atoms in total. The molecule has 4 rings (SSSR count). The van der Waals surface area contributed by atoms with Crippen molar-refractivity contribution in [1.29, 1.82) is 0 Å². The van der Waals surface area contributed by atoms with Crippen LogP contribution in [0.3, 0.4) is 0 Å². The summed E-state index contributed by atoms with van der Waals surface area (Å²) < 4.78 is 38.2. The van der Waals surface area contributed by atoms with Crippen molar-refractivity contribution in [3.05, 3.63) is 47.0 Å². The monoisotopic (exact) mass is 388 g/mol. The van der Waals surface area contributed by atoms with E-state index in [0.717, 1.165) is 0 Å². The summed E-state index contributed by atoms with van der Waals surface area (Å²) >= 11 is 0. The largest absolute Gasteiger partial charge is 0.454 e. The van der Waals surface area contributed by atoms with E-state index < -0.39 is 10.0 Å². The second kappa shape index (κ2) is 6.73. The van der Waals surface area contributed by atoms with Gasteiger partial charge in [-0.1, -0.05) is 17.7 Å². The molecule has 0 bridgehead atoms. The number of hydrogen-bond acceptors (Lipinski definition) is 5. The number of hydrogen-bond donors (Lipinski definition) is 0. The van der Waals surface area contributed by atoms with Gasteiger partial charge in [-0.15, -0.1) is 0 Å². The van der Waals surface area contributed by atoms with Crippen LogP contribution < -0.4 is 14.4 Å². The summed E-state index contributed by atoms with van der Waals surface area (Å²) in [6, 6.07) is 9.16. The Morgan fingerprint density at radius 2 is 1.48 bits per heavy atom. The van der Waals surface area contributed by atoms with Gasteiger partial charge in [0.1, 0.15) is 0 Å². The van der Waals surface area contributed by atoms with Crippen molar-refractivity contribution < 1.29 is 17.9 Å². The number of anilines is 1. The quantitative estimate of drug-likeness (QED) is 0.809. The van der Waals surface area contributed by atoms with E-state index in [2.05, 4.69) is 37.8 Å². The van der Waals surface area contributed by atoms with E-state index in [0.29, 0.717) is 37.7 Å². The van der Waals surface area contributed by atoms with Gasteiger partial charge in [0.2, 0.25) is 16.8 Å². The number of sulfonamides is 1. The molecule has 0 aromatic heterocycles. The highest BCUT2D eigenvalue weighted by Crippen LogP contribution is 2.35. The van der Waals surface area contributed by atoms with Crippen LogP contribution >= 0.6 is 0 Å². The molecule has 0 N–H and O–H groups in total. The molecule has 0 spiro atoms. The zero-order chi connectivity index (χ0) is 19.2. The molecule has 2 aromatic rings. The summed E-state index contributed by atoms with van der Waals surface area (Å²) in [7, 11) is -3.55. The van der Waals surface area contributed by atoms with Crippen LogP contribution in [0.4, 0.5) is 5.69 Å². The number of aryl methyl sites for hydroxylation is 3. The summed E-state index contributed by atoms with van der Waals surface area (Å²) in [5, 5.41) is 0. The molecule has 0 amide bonds. The van der Waals surface area contributed by atoms with Crippen molar-refractivity contribution in [1.82, 2.24) is 4.31 Å². The van der Waals surface area contributed by atoms with Gasteiger partial charge in [-0.2, -0.15) is 4.31 Å². The summed E-state index contributed by atoms with van der Waals surface area (Å²) in [4.78, 5) is 2.54. The number of nitrogens with zero attached hydrogens (tertiary/aromatic N) is 2. The van der Waals surface area contributed by atoms with Crippen LogP contribution in [0.1, 0.15) is 16.7 Å².